The fraction of sp³-hybridized carbons (Fsp3) is 0.857. The summed E-state index contributed by atoms with van der Waals surface area (Å²) in [5, 5.41) is 7.20. The molecule has 0 rings (SSSR count). The van der Waals surface area contributed by atoms with Crippen LogP contribution in [0.5, 0.6) is 0 Å². The van der Waals surface area contributed by atoms with Crippen molar-refractivity contribution in [2.24, 2.45) is 0 Å². The molecular weight excluding hydrogens is 210 g/mol. The third kappa shape index (κ3) is 4.03. The minimum atomic E-state index is -3.68. The van der Waals surface area contributed by atoms with Gasteiger partial charge in [-0.05, 0) is 13.3 Å². The number of methoxy groups -OCH3 is 1. The van der Waals surface area contributed by atoms with Crippen LogP contribution in [0.4, 0.5) is 0 Å². The maximum absolute atomic E-state index is 11.3. The molecule has 0 saturated carbocycles. The molecule has 0 amide bonds. The first-order chi connectivity index (χ1) is 6.45. The standard InChI is InChI=1S/C7H15NO5S/c1-6(7(10)13-2)14(11,12)8-4-3-5-9/h6,8-9H,3-5H2,1-2H3. The highest BCUT2D eigenvalue weighted by molar-refractivity contribution is 7.90. The van der Waals surface area contributed by atoms with E-state index in [-0.39, 0.29) is 13.2 Å². The summed E-state index contributed by atoms with van der Waals surface area (Å²) in [6.45, 7) is 1.25. The second-order valence-corrected chi connectivity index (χ2v) is 4.77. The van der Waals surface area contributed by atoms with Crippen molar-refractivity contribution in [3.63, 3.8) is 0 Å². The number of carbonyl (C=O) groups is 1. The summed E-state index contributed by atoms with van der Waals surface area (Å²) in [6, 6.07) is 0. The van der Waals surface area contributed by atoms with Crippen molar-refractivity contribution in [3.8, 4) is 0 Å². The lowest BCUT2D eigenvalue weighted by Crippen LogP contribution is -2.38. The third-order valence-electron chi connectivity index (χ3n) is 1.64. The largest absolute Gasteiger partial charge is 0.468 e. The van der Waals surface area contributed by atoms with Gasteiger partial charge in [0.25, 0.3) is 0 Å². The van der Waals surface area contributed by atoms with Gasteiger partial charge in [0.15, 0.2) is 5.25 Å². The summed E-state index contributed by atoms with van der Waals surface area (Å²) in [5.74, 6) is -0.804. The van der Waals surface area contributed by atoms with Crippen LogP contribution in [-0.4, -0.2) is 45.0 Å². The summed E-state index contributed by atoms with van der Waals surface area (Å²) >= 11 is 0. The number of rotatable bonds is 6. The molecule has 1 atom stereocenters. The van der Waals surface area contributed by atoms with Crippen LogP contribution < -0.4 is 4.72 Å². The number of aliphatic hydroxyl groups excluding tert-OH is 1. The van der Waals surface area contributed by atoms with Crippen LogP contribution in [-0.2, 0) is 19.6 Å². The van der Waals surface area contributed by atoms with E-state index in [2.05, 4.69) is 9.46 Å². The van der Waals surface area contributed by atoms with E-state index in [0.29, 0.717) is 6.42 Å². The number of esters is 1. The molecule has 0 saturated heterocycles. The Labute approximate surface area is 83.3 Å². The van der Waals surface area contributed by atoms with Crippen molar-refractivity contribution >= 4 is 16.0 Å². The van der Waals surface area contributed by atoms with E-state index in [9.17, 15) is 13.2 Å². The molecule has 0 spiro atoms. The highest BCUT2D eigenvalue weighted by Crippen LogP contribution is 2.00. The summed E-state index contributed by atoms with van der Waals surface area (Å²) in [5.41, 5.74) is 0. The molecular formula is C7H15NO5S. The van der Waals surface area contributed by atoms with E-state index in [1.807, 2.05) is 0 Å². The van der Waals surface area contributed by atoms with Gasteiger partial charge in [0, 0.05) is 13.2 Å². The molecule has 14 heavy (non-hydrogen) atoms. The van der Waals surface area contributed by atoms with Gasteiger partial charge in [-0.3, -0.25) is 4.79 Å². The molecule has 0 aromatic heterocycles. The van der Waals surface area contributed by atoms with Crippen molar-refractivity contribution in [2.45, 2.75) is 18.6 Å². The zero-order valence-electron chi connectivity index (χ0n) is 8.19. The Bertz CT molecular complexity index is 274. The lowest BCUT2D eigenvalue weighted by molar-refractivity contribution is -0.139. The van der Waals surface area contributed by atoms with Crippen molar-refractivity contribution < 1.29 is 23.1 Å². The van der Waals surface area contributed by atoms with Gasteiger partial charge in [0.2, 0.25) is 10.0 Å². The van der Waals surface area contributed by atoms with Crippen molar-refractivity contribution in [3.05, 3.63) is 0 Å². The average Bonchev–Trinajstić information content (AvgIpc) is 2.15. The lowest BCUT2D eigenvalue weighted by Gasteiger charge is -2.11. The molecule has 0 aliphatic carbocycles. The number of aliphatic hydroxyl groups is 1. The van der Waals surface area contributed by atoms with Crippen molar-refractivity contribution in [1.29, 1.82) is 0 Å². The number of hydrogen-bond donors (Lipinski definition) is 2. The molecule has 0 aliphatic heterocycles. The predicted octanol–water partition coefficient (Wildman–Crippen LogP) is -1.15. The molecule has 0 bridgehead atoms. The van der Waals surface area contributed by atoms with Crippen LogP contribution in [0, 0.1) is 0 Å². The summed E-state index contributed by atoms with van der Waals surface area (Å²) in [7, 11) is -2.55. The first-order valence-electron chi connectivity index (χ1n) is 4.13. The van der Waals surface area contributed by atoms with E-state index in [4.69, 9.17) is 5.11 Å². The highest BCUT2D eigenvalue weighted by atomic mass is 32.2. The van der Waals surface area contributed by atoms with Gasteiger partial charge >= 0.3 is 5.97 Å². The van der Waals surface area contributed by atoms with Gasteiger partial charge in [0.1, 0.15) is 0 Å². The van der Waals surface area contributed by atoms with Gasteiger partial charge < -0.3 is 9.84 Å². The van der Waals surface area contributed by atoms with Gasteiger partial charge in [-0.15, -0.1) is 0 Å². The Kier molecular flexibility index (Phi) is 5.66. The summed E-state index contributed by atoms with van der Waals surface area (Å²) in [4.78, 5) is 10.9. The topological polar surface area (TPSA) is 92.7 Å². The summed E-state index contributed by atoms with van der Waals surface area (Å²) < 4.78 is 29.1. The van der Waals surface area contributed by atoms with Crippen LogP contribution in [0.15, 0.2) is 0 Å². The van der Waals surface area contributed by atoms with Crippen LogP contribution >= 0.6 is 0 Å². The molecule has 0 aliphatic rings. The van der Waals surface area contributed by atoms with Crippen molar-refractivity contribution in [2.75, 3.05) is 20.3 Å². The van der Waals surface area contributed by atoms with E-state index < -0.39 is 21.2 Å². The SMILES string of the molecule is COC(=O)C(C)S(=O)(=O)NCCCO. The predicted molar refractivity (Wildman–Crippen MR) is 50.1 cm³/mol. The highest BCUT2D eigenvalue weighted by Gasteiger charge is 2.27. The molecule has 84 valence electrons. The normalized spacial score (nSPS) is 13.6. The quantitative estimate of drug-likeness (QED) is 0.440. The summed E-state index contributed by atoms with van der Waals surface area (Å²) in [6.07, 6.45) is 0.313. The van der Waals surface area contributed by atoms with Gasteiger partial charge in [0.05, 0.1) is 7.11 Å². The third-order valence-corrected chi connectivity index (χ3v) is 3.37. The minimum Gasteiger partial charge on any atom is -0.468 e. The molecule has 0 aromatic carbocycles. The lowest BCUT2D eigenvalue weighted by atomic mass is 10.5. The number of sulfonamides is 1. The number of carbonyl (C=O) groups excluding carboxylic acids is 1. The first kappa shape index (κ1) is 13.3. The molecule has 1 unspecified atom stereocenters. The van der Waals surface area contributed by atoms with Crippen LogP contribution in [0.25, 0.3) is 0 Å². The second-order valence-electron chi connectivity index (χ2n) is 2.68. The molecule has 0 fully saturated rings. The molecule has 0 aromatic rings. The molecule has 0 heterocycles. The maximum Gasteiger partial charge on any atom is 0.325 e. The second kappa shape index (κ2) is 5.94. The van der Waals surface area contributed by atoms with Crippen LogP contribution in [0.1, 0.15) is 13.3 Å². The number of nitrogens with one attached hydrogen (secondary N) is 1. The van der Waals surface area contributed by atoms with Gasteiger partial charge in [-0.2, -0.15) is 0 Å². The van der Waals surface area contributed by atoms with Crippen LogP contribution in [0.2, 0.25) is 0 Å². The molecule has 7 heteroatoms. The Morgan fingerprint density at radius 3 is 2.57 bits per heavy atom. The Morgan fingerprint density at radius 2 is 2.14 bits per heavy atom. The Hall–Kier alpha value is -0.660. The maximum atomic E-state index is 11.3. The molecule has 2 N–H and O–H groups in total. The van der Waals surface area contributed by atoms with Gasteiger partial charge in [-0.25, -0.2) is 13.1 Å². The zero-order valence-corrected chi connectivity index (χ0v) is 9.00. The Balaban J connectivity index is 4.24. The smallest absolute Gasteiger partial charge is 0.325 e. The van der Waals surface area contributed by atoms with E-state index in [1.54, 1.807) is 0 Å². The number of ether oxygens (including phenoxy) is 1. The Morgan fingerprint density at radius 1 is 1.57 bits per heavy atom. The first-order valence-corrected chi connectivity index (χ1v) is 5.67. The fourth-order valence-corrected chi connectivity index (χ4v) is 1.74. The fourth-order valence-electron chi connectivity index (χ4n) is 0.711. The molecule has 6 nitrogen and oxygen atoms in total. The average molecular weight is 225 g/mol. The van der Waals surface area contributed by atoms with E-state index in [1.165, 1.54) is 6.92 Å². The monoisotopic (exact) mass is 225 g/mol. The van der Waals surface area contributed by atoms with E-state index >= 15 is 0 Å². The molecule has 0 radical (unpaired) electrons. The zero-order chi connectivity index (χ0) is 11.2. The van der Waals surface area contributed by atoms with Crippen molar-refractivity contribution in [1.82, 2.24) is 4.72 Å². The van der Waals surface area contributed by atoms with Gasteiger partial charge in [-0.1, -0.05) is 0 Å². The van der Waals surface area contributed by atoms with E-state index in [0.717, 1.165) is 7.11 Å². The number of hydrogen-bond acceptors (Lipinski definition) is 5. The van der Waals surface area contributed by atoms with Crippen LogP contribution in [0.3, 0.4) is 0 Å². The minimum absolute atomic E-state index is 0.102.